The topological polar surface area (TPSA) is 78.9 Å². The number of hydrogen-bond acceptors (Lipinski definition) is 6. The first-order valence-electron chi connectivity index (χ1n) is 33.1. The molecule has 0 saturated heterocycles. The summed E-state index contributed by atoms with van der Waals surface area (Å²) in [4.78, 5) is 38.4. The summed E-state index contributed by atoms with van der Waals surface area (Å²) >= 11 is 0. The van der Waals surface area contributed by atoms with Crippen molar-refractivity contribution in [2.45, 2.75) is 277 Å². The second-order valence-corrected chi connectivity index (χ2v) is 21.3. The van der Waals surface area contributed by atoms with Gasteiger partial charge in [-0.2, -0.15) is 0 Å². The normalized spacial score (nSPS) is 13.3. The van der Waals surface area contributed by atoms with Crippen LogP contribution in [0.15, 0.2) is 170 Å². The van der Waals surface area contributed by atoms with Crippen LogP contribution >= 0.6 is 0 Å². The third-order valence-corrected chi connectivity index (χ3v) is 13.4. The van der Waals surface area contributed by atoms with Crippen LogP contribution in [-0.4, -0.2) is 37.2 Å². The molecule has 0 radical (unpaired) electrons. The minimum atomic E-state index is -0.825. The van der Waals surface area contributed by atoms with Crippen molar-refractivity contribution in [1.29, 1.82) is 0 Å². The second kappa shape index (κ2) is 68.3. The van der Waals surface area contributed by atoms with Crippen molar-refractivity contribution in [3.63, 3.8) is 0 Å². The molecule has 0 aliphatic heterocycles. The number of esters is 3. The lowest BCUT2D eigenvalue weighted by molar-refractivity contribution is -0.167. The maximum absolute atomic E-state index is 12.9. The number of carbonyl (C=O) groups excluding carboxylic acids is 3. The summed E-state index contributed by atoms with van der Waals surface area (Å²) in [5.41, 5.74) is 0. The molecule has 0 bridgehead atoms. The van der Waals surface area contributed by atoms with Gasteiger partial charge < -0.3 is 14.2 Å². The summed E-state index contributed by atoms with van der Waals surface area (Å²) in [5.74, 6) is -1.01. The van der Waals surface area contributed by atoms with Gasteiger partial charge in [0, 0.05) is 19.3 Å². The molecular formula is C76H120O6. The molecule has 460 valence electrons. The van der Waals surface area contributed by atoms with Crippen molar-refractivity contribution in [3.05, 3.63) is 170 Å². The monoisotopic (exact) mass is 1130 g/mol. The summed E-state index contributed by atoms with van der Waals surface area (Å²) in [5, 5.41) is 0. The Kier molecular flexibility index (Phi) is 63.9. The zero-order valence-electron chi connectivity index (χ0n) is 52.7. The summed E-state index contributed by atoms with van der Waals surface area (Å²) < 4.78 is 16.9. The Bertz CT molecular complexity index is 1870. The quantitative estimate of drug-likeness (QED) is 0.0261. The molecule has 0 N–H and O–H groups in total. The Hall–Kier alpha value is -5.23. The van der Waals surface area contributed by atoms with E-state index in [4.69, 9.17) is 14.2 Å². The fraction of sp³-hybridized carbons (Fsp3) is 0.592. The summed E-state index contributed by atoms with van der Waals surface area (Å²) in [6.45, 7) is 6.34. The first-order valence-corrected chi connectivity index (χ1v) is 33.1. The number of unbranched alkanes of at least 4 members (excludes halogenated alkanes) is 19. The molecule has 0 aromatic carbocycles. The highest BCUT2D eigenvalue weighted by Gasteiger charge is 2.19. The lowest BCUT2D eigenvalue weighted by Crippen LogP contribution is -2.30. The maximum Gasteiger partial charge on any atom is 0.306 e. The lowest BCUT2D eigenvalue weighted by atomic mass is 10.1. The SMILES string of the molecule is CC/C=C\C/C=C\C/C=C\C/C=C\C/C=C\C/C=C\C/C=C\C/C=C\C/C=C\CCCC(=O)OCC(COC(=O)CCCCCC/C=C\C/C=C\C/C=C\C/C=C\CC)OC(=O)CCCCCCCCC/C=C\CCCCCCCCC. The van der Waals surface area contributed by atoms with Crippen molar-refractivity contribution < 1.29 is 28.6 Å². The third-order valence-electron chi connectivity index (χ3n) is 13.4. The minimum absolute atomic E-state index is 0.118. The highest BCUT2D eigenvalue weighted by Crippen LogP contribution is 2.14. The molecule has 0 saturated carbocycles. The lowest BCUT2D eigenvalue weighted by Gasteiger charge is -2.18. The van der Waals surface area contributed by atoms with Crippen LogP contribution in [-0.2, 0) is 28.6 Å². The molecule has 1 atom stereocenters. The van der Waals surface area contributed by atoms with Crippen molar-refractivity contribution in [3.8, 4) is 0 Å². The van der Waals surface area contributed by atoms with Crippen LogP contribution < -0.4 is 0 Å². The Morgan fingerprint density at radius 2 is 0.488 bits per heavy atom. The standard InChI is InChI=1S/C76H120O6/c1-4-7-10-13-16-19-22-25-28-31-33-34-35-36-37-38-39-40-41-42-43-46-48-51-54-57-60-63-66-69-75(78)81-72-73(71-80-74(77)68-65-62-59-56-53-50-47-44-30-27-24-21-18-15-12-9-6-3)82-76(79)70-67-64-61-58-55-52-49-45-32-29-26-23-20-17-14-11-8-5-2/h7,9-10,12,16,18-19,21,25,27-30,32-34,36-37,39-40,42-43,47-48,50-51,57,60,73H,4-6,8,11,13-15,17,20,22-24,26,31,35,38,41,44-46,49,52-56,58-59,61-72H2,1-3H3/b10-7-,12-9-,19-16-,21-18-,28-25-,30-27-,32-29-,34-33-,37-36-,40-39-,43-42-,50-47-,51-48-,60-57-. The van der Waals surface area contributed by atoms with Crippen LogP contribution in [0.5, 0.6) is 0 Å². The van der Waals surface area contributed by atoms with E-state index >= 15 is 0 Å². The predicted octanol–water partition coefficient (Wildman–Crippen LogP) is 23.0. The molecule has 1 unspecified atom stereocenters. The maximum atomic E-state index is 12.9. The van der Waals surface area contributed by atoms with Gasteiger partial charge in [0.2, 0.25) is 0 Å². The van der Waals surface area contributed by atoms with Crippen LogP contribution in [0, 0.1) is 0 Å². The minimum Gasteiger partial charge on any atom is -0.462 e. The van der Waals surface area contributed by atoms with E-state index in [2.05, 4.69) is 191 Å². The molecule has 82 heavy (non-hydrogen) atoms. The van der Waals surface area contributed by atoms with E-state index in [1.165, 1.54) is 83.5 Å². The molecular weight excluding hydrogens is 1010 g/mol. The van der Waals surface area contributed by atoms with Gasteiger partial charge in [0.05, 0.1) is 0 Å². The van der Waals surface area contributed by atoms with Gasteiger partial charge in [0.1, 0.15) is 13.2 Å². The Labute approximate surface area is 504 Å². The van der Waals surface area contributed by atoms with Crippen molar-refractivity contribution >= 4 is 17.9 Å². The number of hydrogen-bond donors (Lipinski definition) is 0. The van der Waals surface area contributed by atoms with Gasteiger partial charge in [-0.25, -0.2) is 0 Å². The molecule has 0 aromatic rings. The van der Waals surface area contributed by atoms with Gasteiger partial charge in [0.25, 0.3) is 0 Å². The molecule has 0 aliphatic rings. The number of carbonyl (C=O) groups is 3. The van der Waals surface area contributed by atoms with Crippen LogP contribution in [0.4, 0.5) is 0 Å². The smallest absolute Gasteiger partial charge is 0.306 e. The molecule has 0 heterocycles. The summed E-state index contributed by atoms with van der Waals surface area (Å²) in [6, 6.07) is 0. The van der Waals surface area contributed by atoms with E-state index in [-0.39, 0.29) is 37.5 Å². The molecule has 0 spiro atoms. The van der Waals surface area contributed by atoms with Crippen LogP contribution in [0.1, 0.15) is 271 Å². The van der Waals surface area contributed by atoms with E-state index in [0.717, 1.165) is 141 Å². The van der Waals surface area contributed by atoms with Crippen LogP contribution in [0.25, 0.3) is 0 Å². The second-order valence-electron chi connectivity index (χ2n) is 21.3. The number of rotatable bonds is 58. The highest BCUT2D eigenvalue weighted by molar-refractivity contribution is 5.71. The van der Waals surface area contributed by atoms with Crippen molar-refractivity contribution in [2.24, 2.45) is 0 Å². The van der Waals surface area contributed by atoms with E-state index in [9.17, 15) is 14.4 Å². The Balaban J connectivity index is 4.52. The molecule has 0 aliphatic carbocycles. The first kappa shape index (κ1) is 76.8. The third kappa shape index (κ3) is 65.6. The Morgan fingerprint density at radius 1 is 0.256 bits per heavy atom. The fourth-order valence-electron chi connectivity index (χ4n) is 8.55. The predicted molar refractivity (Wildman–Crippen MR) is 357 cm³/mol. The molecule has 6 heteroatoms. The average molecular weight is 1130 g/mol. The largest absolute Gasteiger partial charge is 0.462 e. The highest BCUT2D eigenvalue weighted by atomic mass is 16.6. The van der Waals surface area contributed by atoms with Gasteiger partial charge in [-0.15, -0.1) is 0 Å². The average Bonchev–Trinajstić information content (AvgIpc) is 3.47. The van der Waals surface area contributed by atoms with Gasteiger partial charge in [0.15, 0.2) is 6.10 Å². The van der Waals surface area contributed by atoms with Crippen molar-refractivity contribution in [2.75, 3.05) is 13.2 Å². The molecule has 0 aromatic heterocycles. The zero-order chi connectivity index (χ0) is 59.2. The van der Waals surface area contributed by atoms with E-state index in [1.54, 1.807) is 0 Å². The van der Waals surface area contributed by atoms with E-state index in [0.29, 0.717) is 19.3 Å². The molecule has 6 nitrogen and oxygen atoms in total. The van der Waals surface area contributed by atoms with E-state index < -0.39 is 6.10 Å². The fourth-order valence-corrected chi connectivity index (χ4v) is 8.55. The molecule has 0 fully saturated rings. The summed E-state index contributed by atoms with van der Waals surface area (Å²) in [6.07, 6.45) is 101. The number of ether oxygens (including phenoxy) is 3. The summed E-state index contributed by atoms with van der Waals surface area (Å²) in [7, 11) is 0. The van der Waals surface area contributed by atoms with Gasteiger partial charge >= 0.3 is 17.9 Å². The first-order chi connectivity index (χ1) is 40.5. The Morgan fingerprint density at radius 3 is 0.805 bits per heavy atom. The zero-order valence-corrected chi connectivity index (χ0v) is 52.7. The van der Waals surface area contributed by atoms with Crippen molar-refractivity contribution in [1.82, 2.24) is 0 Å². The van der Waals surface area contributed by atoms with Crippen LogP contribution in [0.3, 0.4) is 0 Å². The van der Waals surface area contributed by atoms with E-state index in [1.807, 2.05) is 0 Å². The van der Waals surface area contributed by atoms with Gasteiger partial charge in [-0.05, 0) is 148 Å². The molecule has 0 rings (SSSR count). The number of allylic oxidation sites excluding steroid dienone is 28. The van der Waals surface area contributed by atoms with Crippen LogP contribution in [0.2, 0.25) is 0 Å². The molecule has 0 amide bonds. The van der Waals surface area contributed by atoms with Gasteiger partial charge in [-0.1, -0.05) is 274 Å². The van der Waals surface area contributed by atoms with Gasteiger partial charge in [-0.3, -0.25) is 14.4 Å².